The molecule has 1 aromatic rings. The zero-order valence-electron chi connectivity index (χ0n) is 8.05. The van der Waals surface area contributed by atoms with Crippen molar-refractivity contribution in [2.24, 2.45) is 7.05 Å². The highest BCUT2D eigenvalue weighted by molar-refractivity contribution is 6.33. The molecule has 0 atom stereocenters. The van der Waals surface area contributed by atoms with Crippen LogP contribution in [0.3, 0.4) is 0 Å². The molecule has 0 saturated carbocycles. The first kappa shape index (κ1) is 8.57. The van der Waals surface area contributed by atoms with Gasteiger partial charge in [0.15, 0.2) is 0 Å². The summed E-state index contributed by atoms with van der Waals surface area (Å²) in [7, 11) is 3.88. The van der Waals surface area contributed by atoms with Crippen molar-refractivity contribution < 1.29 is 0 Å². The normalized spacial score (nSPS) is 15.5. The molecule has 0 aliphatic carbocycles. The largest absolute Gasteiger partial charge is 0.319 e. The van der Waals surface area contributed by atoms with Crippen LogP contribution in [0.25, 0.3) is 0 Å². The molecule has 1 aliphatic rings. The molecule has 0 aromatic carbocycles. The molecular weight excluding hydrogens is 163 g/mol. The molecule has 0 unspecified atom stereocenters. The Kier molecular flexibility index (Phi) is 2.00. The van der Waals surface area contributed by atoms with Crippen LogP contribution in [0.4, 0.5) is 0 Å². The topological polar surface area (TPSA) is 34.0 Å². The zero-order chi connectivity index (χ0) is 9.42. The summed E-state index contributed by atoms with van der Waals surface area (Å²) < 4.78 is 1.67. The molecule has 0 radical (unpaired) electrons. The van der Waals surface area contributed by atoms with Crippen molar-refractivity contribution in [1.29, 1.82) is 0 Å². The van der Waals surface area contributed by atoms with E-state index in [-0.39, 0.29) is 5.56 Å². The van der Waals surface area contributed by atoms with Gasteiger partial charge in [0.1, 0.15) is 7.85 Å². The number of aromatic nitrogens is 1. The van der Waals surface area contributed by atoms with Gasteiger partial charge in [0.25, 0.3) is 5.56 Å². The molecule has 0 amide bonds. The lowest BCUT2D eigenvalue weighted by Gasteiger charge is -2.19. The minimum absolute atomic E-state index is 0.146. The number of hydrogen-bond donors (Lipinski definition) is 1. The van der Waals surface area contributed by atoms with Gasteiger partial charge in [0, 0.05) is 25.4 Å². The standard InChI is InChI=1S/C9H13BN2O/c1-12-5-8(10)6-2-3-11-4-7(6)9(12)13/h5,11H,2-4,10H2,1H3. The van der Waals surface area contributed by atoms with Gasteiger partial charge in [-0.25, -0.2) is 0 Å². The monoisotopic (exact) mass is 176 g/mol. The Labute approximate surface area is 78.2 Å². The van der Waals surface area contributed by atoms with Gasteiger partial charge in [0.2, 0.25) is 0 Å². The third kappa shape index (κ3) is 1.31. The van der Waals surface area contributed by atoms with Crippen LogP contribution in [0.5, 0.6) is 0 Å². The highest BCUT2D eigenvalue weighted by Crippen LogP contribution is 2.05. The van der Waals surface area contributed by atoms with Crippen LogP contribution < -0.4 is 16.3 Å². The molecule has 2 rings (SSSR count). The Morgan fingerprint density at radius 2 is 2.31 bits per heavy atom. The van der Waals surface area contributed by atoms with E-state index < -0.39 is 0 Å². The summed E-state index contributed by atoms with van der Waals surface area (Å²) in [6.45, 7) is 1.71. The van der Waals surface area contributed by atoms with Crippen LogP contribution in [-0.4, -0.2) is 19.0 Å². The van der Waals surface area contributed by atoms with Gasteiger partial charge in [-0.3, -0.25) is 4.79 Å². The lowest BCUT2D eigenvalue weighted by molar-refractivity contribution is 0.629. The van der Waals surface area contributed by atoms with Gasteiger partial charge in [-0.15, -0.1) is 0 Å². The van der Waals surface area contributed by atoms with E-state index >= 15 is 0 Å². The Balaban J connectivity index is 2.70. The first-order valence-corrected chi connectivity index (χ1v) is 4.59. The third-order valence-corrected chi connectivity index (χ3v) is 2.66. The Morgan fingerprint density at radius 1 is 1.54 bits per heavy atom. The van der Waals surface area contributed by atoms with Crippen LogP contribution in [0.1, 0.15) is 11.1 Å². The van der Waals surface area contributed by atoms with E-state index in [2.05, 4.69) is 13.2 Å². The highest BCUT2D eigenvalue weighted by atomic mass is 16.1. The molecule has 1 N–H and O–H groups in total. The number of pyridine rings is 1. The Bertz CT molecular complexity index is 397. The molecule has 4 heteroatoms. The summed E-state index contributed by atoms with van der Waals surface area (Å²) in [6.07, 6.45) is 2.91. The lowest BCUT2D eigenvalue weighted by Crippen LogP contribution is -2.37. The molecule has 13 heavy (non-hydrogen) atoms. The molecule has 2 heterocycles. The number of hydrogen-bond acceptors (Lipinski definition) is 2. The molecule has 0 bridgehead atoms. The first-order chi connectivity index (χ1) is 6.20. The second kappa shape index (κ2) is 3.03. The molecule has 68 valence electrons. The second-order valence-electron chi connectivity index (χ2n) is 3.61. The van der Waals surface area contributed by atoms with Gasteiger partial charge < -0.3 is 9.88 Å². The highest BCUT2D eigenvalue weighted by Gasteiger charge is 2.14. The van der Waals surface area contributed by atoms with Crippen LogP contribution in [-0.2, 0) is 20.0 Å². The quantitative estimate of drug-likeness (QED) is 0.477. The summed E-state index contributed by atoms with van der Waals surface area (Å²) in [5, 5.41) is 3.22. The lowest BCUT2D eigenvalue weighted by atomic mass is 9.87. The Morgan fingerprint density at radius 3 is 3.08 bits per heavy atom. The van der Waals surface area contributed by atoms with Crippen molar-refractivity contribution in [3.63, 3.8) is 0 Å². The predicted octanol–water partition coefficient (Wildman–Crippen LogP) is -1.71. The third-order valence-electron chi connectivity index (χ3n) is 2.66. The van der Waals surface area contributed by atoms with E-state index in [0.29, 0.717) is 0 Å². The minimum Gasteiger partial charge on any atom is -0.319 e. The van der Waals surface area contributed by atoms with E-state index in [4.69, 9.17) is 0 Å². The van der Waals surface area contributed by atoms with Gasteiger partial charge in [-0.2, -0.15) is 0 Å². The summed E-state index contributed by atoms with van der Waals surface area (Å²) in [6, 6.07) is 0. The number of nitrogens with zero attached hydrogens (tertiary/aromatic N) is 1. The number of aryl methyl sites for hydroxylation is 1. The fourth-order valence-electron chi connectivity index (χ4n) is 1.96. The van der Waals surface area contributed by atoms with Crippen molar-refractivity contribution in [1.82, 2.24) is 9.88 Å². The summed E-state index contributed by atoms with van der Waals surface area (Å²) in [4.78, 5) is 11.7. The van der Waals surface area contributed by atoms with Crippen molar-refractivity contribution in [3.8, 4) is 0 Å². The maximum absolute atomic E-state index is 11.7. The number of nitrogens with one attached hydrogen (secondary N) is 1. The Hall–Kier alpha value is -1.03. The SMILES string of the molecule is Bc1cn(C)c(=O)c2c1CCNC2. The molecule has 0 spiro atoms. The molecule has 1 aliphatic heterocycles. The second-order valence-corrected chi connectivity index (χ2v) is 3.61. The van der Waals surface area contributed by atoms with Crippen molar-refractivity contribution in [2.45, 2.75) is 13.0 Å². The van der Waals surface area contributed by atoms with E-state index in [1.165, 1.54) is 11.0 Å². The average molecular weight is 176 g/mol. The van der Waals surface area contributed by atoms with E-state index in [1.54, 1.807) is 4.57 Å². The molecule has 3 nitrogen and oxygen atoms in total. The van der Waals surface area contributed by atoms with Crippen LogP contribution in [0.15, 0.2) is 11.0 Å². The van der Waals surface area contributed by atoms with Crippen molar-refractivity contribution in [3.05, 3.63) is 27.7 Å². The molecular formula is C9H13BN2O. The molecule has 0 fully saturated rings. The van der Waals surface area contributed by atoms with Gasteiger partial charge >= 0.3 is 0 Å². The number of rotatable bonds is 0. The zero-order valence-corrected chi connectivity index (χ0v) is 8.05. The fraction of sp³-hybridized carbons (Fsp3) is 0.444. The van der Waals surface area contributed by atoms with E-state index in [0.717, 1.165) is 25.1 Å². The minimum atomic E-state index is 0.146. The van der Waals surface area contributed by atoms with Gasteiger partial charge in [-0.1, -0.05) is 5.46 Å². The fourth-order valence-corrected chi connectivity index (χ4v) is 1.96. The van der Waals surface area contributed by atoms with Crippen molar-refractivity contribution >= 4 is 13.3 Å². The average Bonchev–Trinajstić information content (AvgIpc) is 2.15. The van der Waals surface area contributed by atoms with E-state index in [1.807, 2.05) is 13.2 Å². The molecule has 1 aromatic heterocycles. The van der Waals surface area contributed by atoms with Crippen LogP contribution >= 0.6 is 0 Å². The maximum atomic E-state index is 11.7. The van der Waals surface area contributed by atoms with Crippen LogP contribution in [0, 0.1) is 0 Å². The molecule has 0 saturated heterocycles. The summed E-state index contributed by atoms with van der Waals surface area (Å²) >= 11 is 0. The van der Waals surface area contributed by atoms with Gasteiger partial charge in [0.05, 0.1) is 0 Å². The summed E-state index contributed by atoms with van der Waals surface area (Å²) in [5.74, 6) is 0. The van der Waals surface area contributed by atoms with Gasteiger partial charge in [-0.05, 0) is 18.5 Å². The first-order valence-electron chi connectivity index (χ1n) is 4.59. The summed E-state index contributed by atoms with van der Waals surface area (Å²) in [5.41, 5.74) is 3.59. The van der Waals surface area contributed by atoms with E-state index in [9.17, 15) is 4.79 Å². The van der Waals surface area contributed by atoms with Crippen molar-refractivity contribution in [2.75, 3.05) is 6.54 Å². The number of fused-ring (bicyclic) bond motifs is 1. The maximum Gasteiger partial charge on any atom is 0.255 e. The van der Waals surface area contributed by atoms with Crippen LogP contribution in [0.2, 0.25) is 0 Å². The predicted molar refractivity (Wildman–Crippen MR) is 55.3 cm³/mol. The smallest absolute Gasteiger partial charge is 0.255 e.